The smallest absolute Gasteiger partial charge is 0.419 e. The second-order valence-electron chi connectivity index (χ2n) is 6.03. The zero-order valence-corrected chi connectivity index (χ0v) is 16.5. The largest absolute Gasteiger partial charge is 0.490 e. The maximum Gasteiger partial charge on any atom is 0.419 e. The molecule has 11 heteroatoms. The molecule has 2 heterocycles. The number of pyridine rings is 1. The van der Waals surface area contributed by atoms with Crippen LogP contribution in [0.3, 0.4) is 0 Å². The van der Waals surface area contributed by atoms with E-state index in [9.17, 15) is 13.2 Å². The molecule has 0 amide bonds. The van der Waals surface area contributed by atoms with Crippen molar-refractivity contribution in [1.82, 2.24) is 15.0 Å². The topological polar surface area (TPSA) is 80.2 Å². The van der Waals surface area contributed by atoms with Crippen molar-refractivity contribution in [2.24, 2.45) is 0 Å². The van der Waals surface area contributed by atoms with Crippen LogP contribution in [0.4, 0.5) is 19.0 Å². The van der Waals surface area contributed by atoms with Crippen LogP contribution in [0, 0.1) is 0 Å². The van der Waals surface area contributed by atoms with Crippen LogP contribution in [0.15, 0.2) is 30.5 Å². The van der Waals surface area contributed by atoms with E-state index in [1.807, 2.05) is 0 Å². The zero-order chi connectivity index (χ0) is 21.2. The van der Waals surface area contributed by atoms with Gasteiger partial charge in [0.25, 0.3) is 0 Å². The predicted molar refractivity (Wildman–Crippen MR) is 103 cm³/mol. The van der Waals surface area contributed by atoms with E-state index in [4.69, 9.17) is 33.0 Å². The zero-order valence-electron chi connectivity index (χ0n) is 15.0. The van der Waals surface area contributed by atoms with Crippen molar-refractivity contribution >= 4 is 39.9 Å². The van der Waals surface area contributed by atoms with Gasteiger partial charge in [-0.25, -0.2) is 15.0 Å². The Labute approximate surface area is 173 Å². The molecule has 154 valence electrons. The molecule has 0 spiro atoms. The number of anilines is 1. The van der Waals surface area contributed by atoms with Gasteiger partial charge in [0.2, 0.25) is 5.28 Å². The number of alkyl halides is 3. The summed E-state index contributed by atoms with van der Waals surface area (Å²) in [5.74, 6) is -0.0828. The lowest BCUT2D eigenvalue weighted by atomic mass is 10.0. The normalized spacial score (nSPS) is 12.8. The summed E-state index contributed by atoms with van der Waals surface area (Å²) in [6.07, 6.45) is -3.20. The molecule has 3 aromatic rings. The number of benzene rings is 1. The molecule has 29 heavy (non-hydrogen) atoms. The number of para-hydroxylation sites is 1. The lowest BCUT2D eigenvalue weighted by Gasteiger charge is -2.22. The van der Waals surface area contributed by atoms with Crippen molar-refractivity contribution < 1.29 is 23.0 Å². The molecular weight excluding hydrogens is 432 g/mol. The van der Waals surface area contributed by atoms with Crippen molar-refractivity contribution in [1.29, 1.82) is 0 Å². The van der Waals surface area contributed by atoms with Gasteiger partial charge in [0.15, 0.2) is 0 Å². The summed E-state index contributed by atoms with van der Waals surface area (Å²) in [5, 5.41) is 12.7. The molecule has 2 aromatic heterocycles. The molecular formula is C18H15Cl2F3N4O2. The third-order valence-corrected chi connectivity index (χ3v) is 4.41. The Balaban J connectivity index is 2.05. The van der Waals surface area contributed by atoms with Crippen molar-refractivity contribution in [2.45, 2.75) is 19.1 Å². The molecule has 0 fully saturated rings. The van der Waals surface area contributed by atoms with E-state index in [-0.39, 0.29) is 34.2 Å². The number of rotatable bonds is 6. The number of nitrogens with one attached hydrogen (secondary N) is 1. The maximum atomic E-state index is 13.4. The van der Waals surface area contributed by atoms with Gasteiger partial charge in [0.05, 0.1) is 29.9 Å². The molecule has 0 aliphatic rings. The highest BCUT2D eigenvalue weighted by Gasteiger charge is 2.36. The number of aromatic nitrogens is 3. The fraction of sp³-hybridized carbons (Fsp3) is 0.278. The van der Waals surface area contributed by atoms with Gasteiger partial charge in [-0.2, -0.15) is 13.2 Å². The first-order valence-corrected chi connectivity index (χ1v) is 9.15. The summed E-state index contributed by atoms with van der Waals surface area (Å²) < 4.78 is 45.5. The van der Waals surface area contributed by atoms with Crippen LogP contribution in [-0.2, 0) is 6.18 Å². The van der Waals surface area contributed by atoms with Crippen LogP contribution in [-0.4, -0.2) is 33.3 Å². The van der Waals surface area contributed by atoms with E-state index in [1.165, 1.54) is 24.4 Å². The average molecular weight is 447 g/mol. The van der Waals surface area contributed by atoms with Crippen LogP contribution in [0.2, 0.25) is 10.4 Å². The summed E-state index contributed by atoms with van der Waals surface area (Å²) in [6, 6.07) is 4.57. The number of hydrogen-bond donors (Lipinski definition) is 2. The van der Waals surface area contributed by atoms with Crippen LogP contribution in [0.5, 0.6) is 5.75 Å². The van der Waals surface area contributed by atoms with Crippen molar-refractivity contribution in [3.63, 3.8) is 0 Å². The van der Waals surface area contributed by atoms with Gasteiger partial charge in [-0.05, 0) is 30.7 Å². The van der Waals surface area contributed by atoms with Gasteiger partial charge in [-0.3, -0.25) is 0 Å². The monoisotopic (exact) mass is 446 g/mol. The lowest BCUT2D eigenvalue weighted by Crippen LogP contribution is -2.16. The minimum atomic E-state index is -4.62. The molecule has 2 N–H and O–H groups in total. The molecule has 0 saturated carbocycles. The van der Waals surface area contributed by atoms with E-state index < -0.39 is 24.4 Å². The Bertz CT molecular complexity index is 1030. The first kappa shape index (κ1) is 21.4. The van der Waals surface area contributed by atoms with Crippen molar-refractivity contribution in [2.75, 3.05) is 18.5 Å². The van der Waals surface area contributed by atoms with E-state index in [1.54, 1.807) is 6.92 Å². The molecule has 6 nitrogen and oxygen atoms in total. The quantitative estimate of drug-likeness (QED) is 0.414. The fourth-order valence-electron chi connectivity index (χ4n) is 2.80. The average Bonchev–Trinajstić information content (AvgIpc) is 2.65. The summed E-state index contributed by atoms with van der Waals surface area (Å²) in [7, 11) is 0. The summed E-state index contributed by atoms with van der Waals surface area (Å²) >= 11 is 11.9. The van der Waals surface area contributed by atoms with Crippen LogP contribution < -0.4 is 10.1 Å². The number of aliphatic hydroxyl groups is 1. The van der Waals surface area contributed by atoms with Crippen LogP contribution in [0.1, 0.15) is 24.1 Å². The molecule has 3 rings (SSSR count). The van der Waals surface area contributed by atoms with Crippen molar-refractivity contribution in [3.05, 3.63) is 52.0 Å². The second kappa shape index (κ2) is 8.56. The second-order valence-corrected chi connectivity index (χ2v) is 6.75. The number of aliphatic hydroxyl groups excluding tert-OH is 1. The van der Waals surface area contributed by atoms with Crippen molar-refractivity contribution in [3.8, 4) is 5.75 Å². The van der Waals surface area contributed by atoms with Gasteiger partial charge in [-0.1, -0.05) is 23.7 Å². The minimum Gasteiger partial charge on any atom is -0.490 e. The Morgan fingerprint density at radius 3 is 2.69 bits per heavy atom. The number of nitrogens with zero attached hydrogens (tertiary/aromatic N) is 3. The molecule has 0 aliphatic carbocycles. The molecule has 0 bridgehead atoms. The maximum absolute atomic E-state index is 13.4. The Kier molecular flexibility index (Phi) is 6.30. The molecule has 1 aromatic carbocycles. The van der Waals surface area contributed by atoms with Gasteiger partial charge >= 0.3 is 6.18 Å². The highest BCUT2D eigenvalue weighted by molar-refractivity contribution is 6.30. The number of fused-ring (bicyclic) bond motifs is 1. The standard InChI is InChI=1S/C18H15Cl2F3N4O2/c1-9(10-3-2-4-12(18(21,22)23)15(10)29-6-5-28)25-16-11-7-14(19)24-8-13(11)26-17(20)27-16/h2-4,7-9,28H,5-6H2,1H3,(H,25,26,27)/t9-/m1/s1. The van der Waals surface area contributed by atoms with E-state index in [2.05, 4.69) is 20.3 Å². The molecule has 0 radical (unpaired) electrons. The van der Waals surface area contributed by atoms with Gasteiger partial charge in [0.1, 0.15) is 23.3 Å². The molecule has 0 unspecified atom stereocenters. The minimum absolute atomic E-state index is 0.0582. The first-order valence-electron chi connectivity index (χ1n) is 8.39. The highest BCUT2D eigenvalue weighted by Crippen LogP contribution is 2.41. The Morgan fingerprint density at radius 2 is 2.00 bits per heavy atom. The van der Waals surface area contributed by atoms with E-state index >= 15 is 0 Å². The summed E-state index contributed by atoms with van der Waals surface area (Å²) in [6.45, 7) is 0.938. The fourth-order valence-corrected chi connectivity index (χ4v) is 3.13. The first-order chi connectivity index (χ1) is 13.7. The molecule has 0 saturated heterocycles. The number of halogens is 5. The van der Waals surface area contributed by atoms with Gasteiger partial charge in [0, 0.05) is 10.9 Å². The van der Waals surface area contributed by atoms with Crippen LogP contribution >= 0.6 is 23.2 Å². The summed E-state index contributed by atoms with van der Waals surface area (Å²) in [4.78, 5) is 12.1. The summed E-state index contributed by atoms with van der Waals surface area (Å²) in [5.41, 5.74) is -0.281. The molecule has 1 atom stereocenters. The Morgan fingerprint density at radius 1 is 1.24 bits per heavy atom. The Hall–Kier alpha value is -2.36. The molecule has 0 aliphatic heterocycles. The predicted octanol–water partition coefficient (Wildman–Crippen LogP) is 4.89. The third-order valence-electron chi connectivity index (χ3n) is 4.03. The number of hydrogen-bond acceptors (Lipinski definition) is 6. The van der Waals surface area contributed by atoms with Gasteiger partial charge in [-0.15, -0.1) is 0 Å². The van der Waals surface area contributed by atoms with Gasteiger partial charge < -0.3 is 15.2 Å². The SMILES string of the molecule is C[C@@H](Nc1nc(Cl)nc2cnc(Cl)cc12)c1cccc(C(F)(F)F)c1OCCO. The third kappa shape index (κ3) is 4.80. The highest BCUT2D eigenvalue weighted by atomic mass is 35.5. The van der Waals surface area contributed by atoms with E-state index in [0.717, 1.165) is 6.07 Å². The van der Waals surface area contributed by atoms with Crippen LogP contribution in [0.25, 0.3) is 10.9 Å². The number of ether oxygens (including phenoxy) is 1. The van der Waals surface area contributed by atoms with E-state index in [0.29, 0.717) is 10.9 Å². The lowest BCUT2D eigenvalue weighted by molar-refractivity contribution is -0.139.